The molecule has 0 saturated carbocycles. The average Bonchev–Trinajstić information content (AvgIpc) is 2.57. The average molecular weight is 383 g/mol. The summed E-state index contributed by atoms with van der Waals surface area (Å²) in [6.07, 6.45) is -0.0400. The van der Waals surface area contributed by atoms with Crippen LogP contribution in [0.15, 0.2) is 48.5 Å². The number of benzene rings is 2. The molecule has 0 bridgehead atoms. The lowest BCUT2D eigenvalue weighted by Gasteiger charge is -1.97. The summed E-state index contributed by atoms with van der Waals surface area (Å²) in [6, 6.07) is 13.7. The van der Waals surface area contributed by atoms with Gasteiger partial charge in [0.1, 0.15) is 5.78 Å². The van der Waals surface area contributed by atoms with Crippen molar-refractivity contribution in [3.8, 4) is 0 Å². The number of rotatable bonds is 4. The second-order valence-electron chi connectivity index (χ2n) is 4.95. The molecule has 0 heterocycles. The summed E-state index contributed by atoms with van der Waals surface area (Å²) in [5, 5.41) is 0.183. The lowest BCUT2D eigenvalue weighted by atomic mass is 10.1. The third-order valence-electron chi connectivity index (χ3n) is 2.82. The number of hydrogen-bond donors (Lipinski definition) is 2. The zero-order chi connectivity index (χ0) is 19.4. The minimum Gasteiger partial charge on any atom is -0.300 e. The van der Waals surface area contributed by atoms with Crippen molar-refractivity contribution in [2.24, 2.45) is 11.7 Å². The van der Waals surface area contributed by atoms with E-state index in [1.54, 1.807) is 36.4 Å². The van der Waals surface area contributed by atoms with Crippen molar-refractivity contribution in [1.29, 1.82) is 0 Å². The Morgan fingerprint density at radius 3 is 1.92 bits per heavy atom. The molecule has 0 amide bonds. The number of aryl methyl sites for hydroxylation is 1. The van der Waals surface area contributed by atoms with Crippen molar-refractivity contribution in [3.05, 3.63) is 70.2 Å². The van der Waals surface area contributed by atoms with Crippen LogP contribution >= 0.6 is 23.2 Å². The maximum Gasteiger partial charge on any atom is 0.252 e. The van der Waals surface area contributed by atoms with Crippen LogP contribution in [-0.2, 0) is 4.79 Å². The summed E-state index contributed by atoms with van der Waals surface area (Å²) in [7, 11) is 0. The Morgan fingerprint density at radius 1 is 0.960 bits per heavy atom. The van der Waals surface area contributed by atoms with Gasteiger partial charge in [0.25, 0.3) is 5.24 Å². The largest absolute Gasteiger partial charge is 0.300 e. The fourth-order valence-corrected chi connectivity index (χ4v) is 1.97. The van der Waals surface area contributed by atoms with E-state index in [9.17, 15) is 14.4 Å². The molecule has 2 aromatic carbocycles. The highest BCUT2D eigenvalue weighted by atomic mass is 35.5. The standard InChI is InChI=1S/C10H9ClO2.C8H7ClO.H4N2/c1-7(12)6-10(13)8-2-4-9(11)5-3-8;1-6-3-2-4-7(5-6)8(9)10;1-2/h2-5H,6H2,1H3;2-5H,1H3;1-2H2. The summed E-state index contributed by atoms with van der Waals surface area (Å²) in [4.78, 5) is 32.5. The lowest BCUT2D eigenvalue weighted by Crippen LogP contribution is -2.04. The molecule has 0 aliphatic rings. The maximum atomic E-state index is 11.3. The molecule has 0 aliphatic carbocycles. The molecule has 0 unspecified atom stereocenters. The van der Waals surface area contributed by atoms with Gasteiger partial charge < -0.3 is 0 Å². The van der Waals surface area contributed by atoms with Crippen LogP contribution in [0.2, 0.25) is 5.02 Å². The smallest absolute Gasteiger partial charge is 0.252 e. The zero-order valence-electron chi connectivity index (χ0n) is 14.0. The molecule has 0 aromatic heterocycles. The Balaban J connectivity index is 0.000000430. The van der Waals surface area contributed by atoms with E-state index < -0.39 is 5.24 Å². The number of hydrogen-bond acceptors (Lipinski definition) is 5. The Kier molecular flexibility index (Phi) is 11.3. The molecule has 0 spiro atoms. The molecule has 0 atom stereocenters. The number of hydrazine groups is 1. The molecule has 0 saturated heterocycles. The van der Waals surface area contributed by atoms with E-state index in [1.165, 1.54) is 6.92 Å². The summed E-state index contributed by atoms with van der Waals surface area (Å²) in [5.41, 5.74) is 2.13. The molecular formula is C18H20Cl2N2O3. The fourth-order valence-electron chi connectivity index (χ4n) is 1.73. The third kappa shape index (κ3) is 9.74. The van der Waals surface area contributed by atoms with E-state index in [4.69, 9.17) is 23.2 Å². The Morgan fingerprint density at radius 2 is 1.52 bits per heavy atom. The first kappa shape index (κ1) is 22.9. The van der Waals surface area contributed by atoms with Gasteiger partial charge in [-0.3, -0.25) is 26.1 Å². The molecule has 2 rings (SSSR count). The van der Waals surface area contributed by atoms with E-state index >= 15 is 0 Å². The van der Waals surface area contributed by atoms with Gasteiger partial charge in [0.2, 0.25) is 0 Å². The second kappa shape index (κ2) is 12.3. The predicted molar refractivity (Wildman–Crippen MR) is 101 cm³/mol. The molecule has 0 radical (unpaired) electrons. The zero-order valence-corrected chi connectivity index (χ0v) is 15.5. The van der Waals surface area contributed by atoms with Crippen molar-refractivity contribution in [3.63, 3.8) is 0 Å². The molecule has 25 heavy (non-hydrogen) atoms. The topological polar surface area (TPSA) is 103 Å². The summed E-state index contributed by atoms with van der Waals surface area (Å²) < 4.78 is 0. The molecule has 0 fully saturated rings. The van der Waals surface area contributed by atoms with Gasteiger partial charge in [0, 0.05) is 16.1 Å². The molecule has 134 valence electrons. The van der Waals surface area contributed by atoms with Crippen LogP contribution in [0.5, 0.6) is 0 Å². The minimum atomic E-state index is -0.399. The first-order valence-electron chi connectivity index (χ1n) is 7.17. The van der Waals surface area contributed by atoms with Gasteiger partial charge in [-0.25, -0.2) is 0 Å². The van der Waals surface area contributed by atoms with Crippen LogP contribution in [0.25, 0.3) is 0 Å². The number of halogens is 2. The van der Waals surface area contributed by atoms with Gasteiger partial charge in [-0.2, -0.15) is 0 Å². The van der Waals surface area contributed by atoms with Crippen LogP contribution in [0, 0.1) is 6.92 Å². The van der Waals surface area contributed by atoms with Crippen molar-refractivity contribution in [2.45, 2.75) is 20.3 Å². The number of ketones is 2. The minimum absolute atomic E-state index is 0.0400. The van der Waals surface area contributed by atoms with Gasteiger partial charge in [0.15, 0.2) is 5.78 Å². The van der Waals surface area contributed by atoms with Crippen LogP contribution in [0.1, 0.15) is 39.6 Å². The SMILES string of the molecule is CC(=O)CC(=O)c1ccc(Cl)cc1.Cc1cccc(C(=O)Cl)c1.NN. The Hall–Kier alpha value is -2.05. The van der Waals surface area contributed by atoms with Crippen molar-refractivity contribution < 1.29 is 14.4 Å². The van der Waals surface area contributed by atoms with Crippen molar-refractivity contribution in [2.75, 3.05) is 0 Å². The maximum absolute atomic E-state index is 11.3. The molecule has 5 nitrogen and oxygen atoms in total. The van der Waals surface area contributed by atoms with E-state index in [2.05, 4.69) is 11.7 Å². The highest BCUT2D eigenvalue weighted by Crippen LogP contribution is 2.11. The van der Waals surface area contributed by atoms with E-state index in [0.29, 0.717) is 16.1 Å². The normalized spacial score (nSPS) is 9.04. The molecule has 2 aromatic rings. The lowest BCUT2D eigenvalue weighted by molar-refractivity contribution is -0.116. The molecule has 0 aliphatic heterocycles. The van der Waals surface area contributed by atoms with Crippen LogP contribution < -0.4 is 11.7 Å². The number of carbonyl (C=O) groups excluding carboxylic acids is 3. The quantitative estimate of drug-likeness (QED) is 0.276. The highest BCUT2D eigenvalue weighted by molar-refractivity contribution is 6.67. The first-order valence-corrected chi connectivity index (χ1v) is 7.93. The molecular weight excluding hydrogens is 363 g/mol. The number of carbonyl (C=O) groups is 3. The van der Waals surface area contributed by atoms with Crippen LogP contribution in [0.4, 0.5) is 0 Å². The van der Waals surface area contributed by atoms with Crippen LogP contribution in [-0.4, -0.2) is 16.8 Å². The predicted octanol–water partition coefficient (Wildman–Crippen LogP) is 3.69. The van der Waals surface area contributed by atoms with E-state index in [-0.39, 0.29) is 18.0 Å². The Labute approximate surface area is 156 Å². The monoisotopic (exact) mass is 382 g/mol. The molecule has 7 heteroatoms. The van der Waals surface area contributed by atoms with Gasteiger partial charge in [-0.1, -0.05) is 35.4 Å². The van der Waals surface area contributed by atoms with Crippen molar-refractivity contribution >= 4 is 40.0 Å². The van der Waals surface area contributed by atoms with Gasteiger partial charge >= 0.3 is 0 Å². The summed E-state index contributed by atoms with van der Waals surface area (Å²) in [6.45, 7) is 3.32. The molecule has 4 N–H and O–H groups in total. The summed E-state index contributed by atoms with van der Waals surface area (Å²) in [5.74, 6) is 7.71. The van der Waals surface area contributed by atoms with E-state index in [1.807, 2.05) is 19.1 Å². The van der Waals surface area contributed by atoms with Gasteiger partial charge in [-0.15, -0.1) is 0 Å². The fraction of sp³-hybridized carbons (Fsp3) is 0.167. The highest BCUT2D eigenvalue weighted by Gasteiger charge is 2.07. The first-order chi connectivity index (χ1) is 11.8. The van der Waals surface area contributed by atoms with Gasteiger partial charge in [0.05, 0.1) is 6.42 Å². The number of Topliss-reactive ketones (excluding diaryl/α,β-unsaturated/α-hetero) is 2. The number of nitrogens with two attached hydrogens (primary N) is 2. The van der Waals surface area contributed by atoms with Gasteiger partial charge in [-0.05, 0) is 55.8 Å². The van der Waals surface area contributed by atoms with Crippen molar-refractivity contribution in [1.82, 2.24) is 0 Å². The second-order valence-corrected chi connectivity index (χ2v) is 5.73. The van der Waals surface area contributed by atoms with Crippen LogP contribution in [0.3, 0.4) is 0 Å². The third-order valence-corrected chi connectivity index (χ3v) is 3.29. The Bertz CT molecular complexity index is 717. The van der Waals surface area contributed by atoms with E-state index in [0.717, 1.165) is 5.56 Å². The summed E-state index contributed by atoms with van der Waals surface area (Å²) >= 11 is 10.9.